The Morgan fingerprint density at radius 2 is 0.522 bits per heavy atom. The van der Waals surface area contributed by atoms with Crippen LogP contribution in [0.5, 0.6) is 0 Å². The molecule has 0 aliphatic heterocycles. The van der Waals surface area contributed by atoms with Crippen LogP contribution in [0.2, 0.25) is 0 Å². The van der Waals surface area contributed by atoms with Crippen LogP contribution in [0.1, 0.15) is 54.9 Å². The van der Waals surface area contributed by atoms with Crippen molar-refractivity contribution in [1.29, 1.82) is 0 Å². The molecule has 10 aromatic carbocycles. The van der Waals surface area contributed by atoms with E-state index in [1.165, 1.54) is 16.2 Å². The Hall–Kier alpha value is -9.30. The minimum atomic E-state index is -6.13. The molecule has 0 amide bonds. The Balaban J connectivity index is 0.000000223. The van der Waals surface area contributed by atoms with Crippen molar-refractivity contribution in [1.82, 2.24) is 0 Å². The average Bonchev–Trinajstić information content (AvgIpc) is 0.712. The lowest BCUT2D eigenvalue weighted by atomic mass is 9.12. The Labute approximate surface area is 501 Å². The van der Waals surface area contributed by atoms with Crippen LogP contribution in [0.25, 0.3) is 53.9 Å². The third-order valence-electron chi connectivity index (χ3n) is 15.5. The molecule has 92 heavy (non-hydrogen) atoms. The predicted molar refractivity (Wildman–Crippen MR) is 295 cm³/mol. The van der Waals surface area contributed by atoms with Crippen molar-refractivity contribution in [3.63, 3.8) is 0 Å². The average molecular weight is 1310 g/mol. The molecule has 2 nitrogen and oxygen atoms in total. The Morgan fingerprint density at radius 1 is 0.283 bits per heavy atom. The van der Waals surface area contributed by atoms with Gasteiger partial charge < -0.3 is 0 Å². The molecule has 476 valence electrons. The molecule has 11 rings (SSSR count). The van der Waals surface area contributed by atoms with E-state index < -0.39 is 195 Å². The first kappa shape index (κ1) is 65.7. The number of benzene rings is 10. The zero-order valence-electron chi connectivity index (χ0n) is 45.7. The number of halogens is 24. The summed E-state index contributed by atoms with van der Waals surface area (Å²) in [6.07, 6.45) is -50.7. The molecule has 0 bridgehead atoms. The third kappa shape index (κ3) is 13.3. The number of ketones is 1. The molecule has 27 heteroatoms. The minimum Gasteiger partial charge on any atom is -0.287 e. The topological polar surface area (TPSA) is 20.9 Å². The van der Waals surface area contributed by atoms with E-state index in [0.717, 1.165) is 43.3 Å². The van der Waals surface area contributed by atoms with E-state index in [1.54, 1.807) is 0 Å². The molecule has 0 aliphatic carbocycles. The zero-order chi connectivity index (χ0) is 67.3. The van der Waals surface area contributed by atoms with Crippen molar-refractivity contribution in [2.45, 2.75) is 56.0 Å². The van der Waals surface area contributed by atoms with Gasteiger partial charge in [-0.1, -0.05) is 115 Å². The fraction of sp³-hybridized carbons (Fsp3) is 0.138. The van der Waals surface area contributed by atoms with E-state index >= 15 is 0 Å². The van der Waals surface area contributed by atoms with Crippen LogP contribution in [-0.4, -0.2) is 11.9 Å². The number of hydrogen-bond acceptors (Lipinski definition) is 1. The van der Waals surface area contributed by atoms with Crippen LogP contribution in [0.3, 0.4) is 0 Å². The maximum absolute atomic E-state index is 14.2. The second kappa shape index (κ2) is 22.8. The van der Waals surface area contributed by atoms with E-state index in [-0.39, 0.29) is 5.78 Å². The molecular formula is C65H34BF24NO. The second-order valence-electron chi connectivity index (χ2n) is 21.5. The Morgan fingerprint density at radius 3 is 0.793 bits per heavy atom. The van der Waals surface area contributed by atoms with Gasteiger partial charge in [0.15, 0.2) is 12.4 Å². The predicted octanol–water partition coefficient (Wildman–Crippen LogP) is 18.8. The maximum atomic E-state index is 14.2. The largest absolute Gasteiger partial charge is 0.416 e. The lowest BCUT2D eigenvalue weighted by Gasteiger charge is -2.46. The van der Waals surface area contributed by atoms with Gasteiger partial charge in [-0.05, 0) is 109 Å². The molecule has 0 N–H and O–H groups in total. The van der Waals surface area contributed by atoms with Gasteiger partial charge in [-0.3, -0.25) is 4.79 Å². The molecule has 0 atom stereocenters. The van der Waals surface area contributed by atoms with Crippen LogP contribution < -0.4 is 26.4 Å². The van der Waals surface area contributed by atoms with Crippen molar-refractivity contribution in [2.75, 3.05) is 0 Å². The van der Waals surface area contributed by atoms with E-state index in [9.17, 15) is 110 Å². The summed E-state index contributed by atoms with van der Waals surface area (Å²) in [5.41, 5.74) is -29.4. The van der Waals surface area contributed by atoms with E-state index in [2.05, 4.69) is 103 Å². The number of carbonyl (C=O) groups is 1. The highest BCUT2D eigenvalue weighted by atomic mass is 19.4. The van der Waals surface area contributed by atoms with E-state index in [1.807, 2.05) is 22.9 Å². The number of aromatic nitrogens is 1. The summed E-state index contributed by atoms with van der Waals surface area (Å²) in [4.78, 5) is 14.0. The van der Waals surface area contributed by atoms with Crippen molar-refractivity contribution < 1.29 is 115 Å². The fourth-order valence-corrected chi connectivity index (χ4v) is 11.4. The van der Waals surface area contributed by atoms with E-state index in [4.69, 9.17) is 0 Å². The summed E-state index contributed by atoms with van der Waals surface area (Å²) >= 11 is 0. The first-order chi connectivity index (χ1) is 42.5. The summed E-state index contributed by atoms with van der Waals surface area (Å²) in [5, 5.41) is 11.2. The van der Waals surface area contributed by atoms with Crippen LogP contribution in [0.4, 0.5) is 105 Å². The molecule has 11 aromatic rings. The standard InChI is InChI=1S/C33H22NO.C32H12BF24/c35-32(21-34-14-13-22-7-1-6-12-27(22)20-34)33-30-18-25-10-4-2-8-23(25)15-28(30)17-29-16-24-9-3-5-11-26(24)19-31(29)33;34-25(35,36)13-1-14(26(37,38)39)6-21(5-13)33(22-7-15(27(40,41)42)2-16(8-22)28(43,44)45,23-9-17(29(46,47)48)3-18(10-23)30(49,50)51)24-11-19(31(52,53)54)4-20(12-24)32(55,56)57/h1-20H,21H2;1-12H/q+1;-1. The highest BCUT2D eigenvalue weighted by Crippen LogP contribution is 2.43. The van der Waals surface area contributed by atoms with Crippen LogP contribution in [0, 0.1) is 0 Å². The smallest absolute Gasteiger partial charge is 0.287 e. The number of pyridine rings is 1. The Kier molecular flexibility index (Phi) is 16.3. The minimum absolute atomic E-state index is 0.117. The number of rotatable bonds is 7. The van der Waals surface area contributed by atoms with Gasteiger partial charge in [0.05, 0.1) is 44.5 Å². The molecule has 0 radical (unpaired) electrons. The number of nitrogens with zero attached hydrogens (tertiary/aromatic N) is 1. The van der Waals surface area contributed by atoms with Crippen molar-refractivity contribution >= 4 is 87.6 Å². The lowest BCUT2D eigenvalue weighted by Crippen LogP contribution is -2.75. The molecule has 0 saturated heterocycles. The first-order valence-corrected chi connectivity index (χ1v) is 26.5. The summed E-state index contributed by atoms with van der Waals surface area (Å²) in [6, 6.07) is 29.2. The normalized spacial score (nSPS) is 13.3. The van der Waals surface area contributed by atoms with Gasteiger partial charge >= 0.3 is 49.4 Å². The summed E-state index contributed by atoms with van der Waals surface area (Å²) in [7, 11) is 0. The maximum Gasteiger partial charge on any atom is 0.416 e. The number of carbonyl (C=O) groups excluding carboxylic acids is 1. The van der Waals surface area contributed by atoms with Crippen LogP contribution in [0.15, 0.2) is 194 Å². The zero-order valence-corrected chi connectivity index (χ0v) is 45.7. The number of Topliss-reactive ketones (excluding diaryl/α,β-unsaturated/α-hetero) is 1. The molecule has 0 aliphatic rings. The summed E-state index contributed by atoms with van der Waals surface area (Å²) in [6.45, 7) is 0.290. The van der Waals surface area contributed by atoms with Crippen LogP contribution in [-0.2, 0) is 56.0 Å². The fourth-order valence-electron chi connectivity index (χ4n) is 11.4. The Bertz CT molecular complexity index is 4170. The van der Waals surface area contributed by atoms with Gasteiger partial charge in [0.25, 0.3) is 0 Å². The third-order valence-corrected chi connectivity index (χ3v) is 15.5. The number of hydrogen-bond donors (Lipinski definition) is 0. The van der Waals surface area contributed by atoms with Crippen LogP contribution >= 0.6 is 0 Å². The van der Waals surface area contributed by atoms with Gasteiger partial charge in [0, 0.05) is 17.0 Å². The lowest BCUT2D eigenvalue weighted by molar-refractivity contribution is -0.681. The SMILES string of the molecule is FC(F)(F)c1cc([B-](c2cc(C(F)(F)F)cc(C(F)(F)F)c2)(c2cc(C(F)(F)F)cc(C(F)(F)F)c2)c2cc(C(F)(F)F)cc(C(F)(F)F)c2)cc(C(F)(F)F)c1.O=C(C[n+]1ccc2ccccc2c1)c1c2cc3ccccc3cc2cc2cc3ccccc3cc12. The van der Waals surface area contributed by atoms with Gasteiger partial charge in [-0.15, -0.1) is 0 Å². The number of alkyl halides is 24. The second-order valence-corrected chi connectivity index (χ2v) is 21.5. The van der Waals surface area contributed by atoms with Gasteiger partial charge in [0.1, 0.15) is 6.15 Å². The van der Waals surface area contributed by atoms with Crippen molar-refractivity contribution in [3.05, 3.63) is 244 Å². The molecule has 0 saturated carbocycles. The molecule has 1 aromatic heterocycles. The highest BCUT2D eigenvalue weighted by molar-refractivity contribution is 7.20. The molecule has 0 fully saturated rings. The van der Waals surface area contributed by atoms with Crippen molar-refractivity contribution in [3.8, 4) is 0 Å². The number of fused-ring (bicyclic) bond motifs is 5. The van der Waals surface area contributed by atoms with E-state index in [0.29, 0.717) is 6.54 Å². The quantitative estimate of drug-likeness (QED) is 0.0512. The van der Waals surface area contributed by atoms with Gasteiger partial charge in [-0.25, -0.2) is 0 Å². The van der Waals surface area contributed by atoms with Gasteiger partial charge in [0.2, 0.25) is 12.3 Å². The monoisotopic (exact) mass is 1310 g/mol. The molecule has 0 unspecified atom stereocenters. The summed E-state index contributed by atoms with van der Waals surface area (Å²) in [5.74, 6) is 0.117. The highest BCUT2D eigenvalue weighted by Gasteiger charge is 2.47. The van der Waals surface area contributed by atoms with Gasteiger partial charge in [-0.2, -0.15) is 132 Å². The first-order valence-electron chi connectivity index (χ1n) is 26.5. The summed E-state index contributed by atoms with van der Waals surface area (Å²) < 4.78 is 343. The van der Waals surface area contributed by atoms with Crippen molar-refractivity contribution in [2.24, 2.45) is 0 Å². The molecule has 1 heterocycles. The molecule has 0 spiro atoms. The molecular weight excluding hydrogens is 1280 g/mol.